The van der Waals surface area contributed by atoms with Crippen LogP contribution in [0.3, 0.4) is 0 Å². The summed E-state index contributed by atoms with van der Waals surface area (Å²) in [4.78, 5) is 8.80. The number of alkyl halides is 3. The van der Waals surface area contributed by atoms with Gasteiger partial charge >= 0.3 is 6.18 Å². The van der Waals surface area contributed by atoms with Crippen molar-refractivity contribution in [2.45, 2.75) is 19.1 Å². The summed E-state index contributed by atoms with van der Waals surface area (Å²) in [6.45, 7) is 2.08. The van der Waals surface area contributed by atoms with Crippen molar-refractivity contribution < 1.29 is 13.2 Å². The Morgan fingerprint density at radius 2 is 1.51 bits per heavy atom. The molecule has 0 aliphatic carbocycles. The lowest BCUT2D eigenvalue weighted by molar-refractivity contribution is -0.137. The van der Waals surface area contributed by atoms with Crippen LogP contribution in [0.2, 0.25) is 0 Å². The Hall–Kier alpha value is -4.37. The first kappa shape index (κ1) is 22.4. The van der Waals surface area contributed by atoms with E-state index < -0.39 is 11.7 Å². The molecule has 5 aromatic rings. The van der Waals surface area contributed by atoms with Crippen molar-refractivity contribution in [2.24, 2.45) is 0 Å². The van der Waals surface area contributed by atoms with Crippen LogP contribution in [0.5, 0.6) is 0 Å². The molecule has 0 aliphatic rings. The van der Waals surface area contributed by atoms with Gasteiger partial charge in [0.25, 0.3) is 0 Å². The molecular weight excluding hydrogens is 447 g/mol. The summed E-state index contributed by atoms with van der Waals surface area (Å²) in [6.07, 6.45) is -2.90. The predicted molar refractivity (Wildman–Crippen MR) is 133 cm³/mol. The minimum absolute atomic E-state index is 0.0287. The number of benzene rings is 4. The van der Waals surface area contributed by atoms with Crippen LogP contribution >= 0.6 is 0 Å². The highest BCUT2D eigenvalue weighted by Gasteiger charge is 2.30. The van der Waals surface area contributed by atoms with E-state index in [0.29, 0.717) is 16.9 Å². The number of hydrogen-bond donors (Lipinski definition) is 1. The van der Waals surface area contributed by atoms with Gasteiger partial charge in [-0.3, -0.25) is 0 Å². The maximum absolute atomic E-state index is 13.0. The van der Waals surface area contributed by atoms with E-state index in [1.165, 1.54) is 23.2 Å². The number of anilines is 1. The largest absolute Gasteiger partial charge is 0.416 e. The average molecular weight is 467 g/mol. The van der Waals surface area contributed by atoms with Gasteiger partial charge in [-0.25, -0.2) is 9.97 Å². The van der Waals surface area contributed by atoms with Gasteiger partial charge in [0.15, 0.2) is 0 Å². The molecule has 1 heterocycles. The fraction of sp³-hybridized carbons (Fsp3) is 0.103. The van der Waals surface area contributed by atoms with Crippen molar-refractivity contribution in [3.8, 4) is 11.8 Å². The van der Waals surface area contributed by atoms with Gasteiger partial charge in [-0.05, 0) is 59.7 Å². The van der Waals surface area contributed by atoms with E-state index in [0.717, 1.165) is 28.6 Å². The van der Waals surface area contributed by atoms with E-state index in [4.69, 9.17) is 0 Å². The predicted octanol–water partition coefficient (Wildman–Crippen LogP) is 7.37. The third-order valence-corrected chi connectivity index (χ3v) is 5.82. The molecule has 0 spiro atoms. The second-order valence-electron chi connectivity index (χ2n) is 8.22. The summed E-state index contributed by atoms with van der Waals surface area (Å²) in [5.41, 5.74) is 2.13. The minimum Gasteiger partial charge on any atom is -0.363 e. The van der Waals surface area contributed by atoms with Crippen LogP contribution in [0, 0.1) is 11.8 Å². The van der Waals surface area contributed by atoms with Crippen LogP contribution in [0.15, 0.2) is 91.3 Å². The first-order chi connectivity index (χ1) is 16.9. The summed E-state index contributed by atoms with van der Waals surface area (Å²) in [5, 5.41) is 6.61. The molecule has 1 N–H and O–H groups in total. The number of fused-ring (bicyclic) bond motifs is 2. The Balaban J connectivity index is 1.47. The lowest BCUT2D eigenvalue weighted by Crippen LogP contribution is -2.09. The second-order valence-corrected chi connectivity index (χ2v) is 8.22. The summed E-state index contributed by atoms with van der Waals surface area (Å²) in [7, 11) is 0. The fourth-order valence-corrected chi connectivity index (χ4v) is 4.08. The highest BCUT2D eigenvalue weighted by atomic mass is 19.4. The van der Waals surface area contributed by atoms with Gasteiger partial charge in [0.05, 0.1) is 17.1 Å². The number of rotatable bonds is 3. The van der Waals surface area contributed by atoms with Crippen molar-refractivity contribution in [3.63, 3.8) is 0 Å². The van der Waals surface area contributed by atoms with Gasteiger partial charge in [0.1, 0.15) is 12.1 Å². The Morgan fingerprint density at radius 1 is 0.771 bits per heavy atom. The maximum atomic E-state index is 13.0. The molecule has 172 valence electrons. The molecule has 3 nitrogen and oxygen atoms in total. The zero-order valence-corrected chi connectivity index (χ0v) is 18.8. The van der Waals surface area contributed by atoms with Gasteiger partial charge < -0.3 is 5.32 Å². The third kappa shape index (κ3) is 4.80. The molecule has 0 bridgehead atoms. The van der Waals surface area contributed by atoms with Gasteiger partial charge in [-0.1, -0.05) is 60.4 Å². The lowest BCUT2D eigenvalue weighted by Gasteiger charge is -2.18. The Kier molecular flexibility index (Phi) is 5.84. The van der Waals surface area contributed by atoms with Crippen molar-refractivity contribution in [1.82, 2.24) is 9.97 Å². The monoisotopic (exact) mass is 467 g/mol. The van der Waals surface area contributed by atoms with Crippen LogP contribution < -0.4 is 5.32 Å². The van der Waals surface area contributed by atoms with Crippen molar-refractivity contribution in [1.29, 1.82) is 0 Å². The maximum Gasteiger partial charge on any atom is 0.416 e. The molecular formula is C29H20F3N3. The van der Waals surface area contributed by atoms with E-state index >= 15 is 0 Å². The standard InChI is InChI=1S/C29H20F3N3/c1-19(24-11-5-8-22-7-2-3-10-25(22)24)35-28-26-17-21(14-15-27(26)33-18-34-28)13-12-20-6-4-9-23(16-20)29(30,31)32/h2-11,14-19H,1H3,(H,33,34,35). The highest BCUT2D eigenvalue weighted by Crippen LogP contribution is 2.30. The number of hydrogen-bond acceptors (Lipinski definition) is 3. The van der Waals surface area contributed by atoms with E-state index in [1.807, 2.05) is 30.3 Å². The van der Waals surface area contributed by atoms with E-state index in [9.17, 15) is 13.2 Å². The lowest BCUT2D eigenvalue weighted by atomic mass is 9.99. The Labute approximate surface area is 200 Å². The fourth-order valence-electron chi connectivity index (χ4n) is 4.08. The highest BCUT2D eigenvalue weighted by molar-refractivity contribution is 5.91. The molecule has 0 saturated heterocycles. The topological polar surface area (TPSA) is 37.8 Å². The van der Waals surface area contributed by atoms with E-state index in [2.05, 4.69) is 58.3 Å². The van der Waals surface area contributed by atoms with Crippen LogP contribution in [-0.4, -0.2) is 9.97 Å². The molecule has 0 fully saturated rings. The summed E-state index contributed by atoms with van der Waals surface area (Å²) < 4.78 is 39.0. The smallest absolute Gasteiger partial charge is 0.363 e. The van der Waals surface area contributed by atoms with Crippen LogP contribution in [-0.2, 0) is 6.18 Å². The number of halogens is 3. The second kappa shape index (κ2) is 9.11. The van der Waals surface area contributed by atoms with E-state index in [-0.39, 0.29) is 6.04 Å². The van der Waals surface area contributed by atoms with Crippen molar-refractivity contribution in [3.05, 3.63) is 114 Å². The van der Waals surface area contributed by atoms with Crippen LogP contribution in [0.1, 0.15) is 35.2 Å². The van der Waals surface area contributed by atoms with Crippen molar-refractivity contribution in [2.75, 3.05) is 5.32 Å². The Bertz CT molecular complexity index is 1590. The number of nitrogens with one attached hydrogen (secondary N) is 1. The van der Waals surface area contributed by atoms with Gasteiger partial charge in [-0.2, -0.15) is 13.2 Å². The van der Waals surface area contributed by atoms with Gasteiger partial charge in [0, 0.05) is 16.5 Å². The number of aromatic nitrogens is 2. The molecule has 5 rings (SSSR count). The quantitative estimate of drug-likeness (QED) is 0.282. The van der Waals surface area contributed by atoms with Crippen LogP contribution in [0.4, 0.5) is 19.0 Å². The molecule has 4 aromatic carbocycles. The molecule has 0 amide bonds. The third-order valence-electron chi connectivity index (χ3n) is 5.82. The molecule has 0 radical (unpaired) electrons. The SMILES string of the molecule is CC(Nc1ncnc2ccc(C#Cc3cccc(C(F)(F)F)c3)cc12)c1cccc2ccccc12. The normalized spacial score (nSPS) is 12.2. The molecule has 0 saturated carbocycles. The van der Waals surface area contributed by atoms with Gasteiger partial charge in [0.2, 0.25) is 0 Å². The summed E-state index contributed by atoms with van der Waals surface area (Å²) in [5.74, 6) is 6.47. The van der Waals surface area contributed by atoms with E-state index in [1.54, 1.807) is 12.1 Å². The first-order valence-electron chi connectivity index (χ1n) is 11.1. The zero-order chi connectivity index (χ0) is 24.4. The number of nitrogens with zero attached hydrogens (tertiary/aromatic N) is 2. The van der Waals surface area contributed by atoms with Crippen LogP contribution in [0.25, 0.3) is 21.7 Å². The molecule has 1 unspecified atom stereocenters. The molecule has 1 atom stereocenters. The van der Waals surface area contributed by atoms with Crippen molar-refractivity contribution >= 4 is 27.5 Å². The summed E-state index contributed by atoms with van der Waals surface area (Å²) in [6, 6.07) is 24.9. The Morgan fingerprint density at radius 3 is 2.34 bits per heavy atom. The molecule has 1 aromatic heterocycles. The minimum atomic E-state index is -4.40. The zero-order valence-electron chi connectivity index (χ0n) is 18.8. The average Bonchev–Trinajstić information content (AvgIpc) is 2.87. The summed E-state index contributed by atoms with van der Waals surface area (Å²) >= 11 is 0. The van der Waals surface area contributed by atoms with Gasteiger partial charge in [-0.15, -0.1) is 0 Å². The molecule has 0 aliphatic heterocycles. The molecule has 35 heavy (non-hydrogen) atoms. The first-order valence-corrected chi connectivity index (χ1v) is 11.1. The molecule has 6 heteroatoms.